The molecule has 1 aromatic rings. The maximum atomic E-state index is 12.8. The number of hydrogen-bond acceptors (Lipinski definition) is 9. The van der Waals surface area contributed by atoms with E-state index >= 15 is 0 Å². The molecule has 0 radical (unpaired) electrons. The van der Waals surface area contributed by atoms with Crippen molar-refractivity contribution in [1.82, 2.24) is 25.9 Å². The van der Waals surface area contributed by atoms with E-state index in [0.717, 1.165) is 0 Å². The smallest absolute Gasteiger partial charge is 0.328 e. The SMILES string of the molecule is CC(O)C(NC(=O)C(Cc1cnc[nH]1)NC(=O)C(CC(N)=O)NC(=O)C(N)CS)C(=O)O. The lowest BCUT2D eigenvalue weighted by molar-refractivity contribution is -0.145. The lowest BCUT2D eigenvalue weighted by Gasteiger charge is -2.25. The number of rotatable bonds is 13. The van der Waals surface area contributed by atoms with Gasteiger partial charge in [-0.1, -0.05) is 0 Å². The van der Waals surface area contributed by atoms with E-state index in [1.807, 2.05) is 0 Å². The van der Waals surface area contributed by atoms with Crippen LogP contribution in [0.5, 0.6) is 0 Å². The fourth-order valence-corrected chi connectivity index (χ4v) is 2.68. The number of H-pyrrole nitrogens is 1. The molecule has 5 atom stereocenters. The minimum Gasteiger partial charge on any atom is -0.480 e. The molecule has 4 amide bonds. The van der Waals surface area contributed by atoms with E-state index in [0.29, 0.717) is 5.69 Å². The number of aliphatic hydroxyl groups excluding tert-OH is 1. The molecule has 0 bridgehead atoms. The molecule has 15 heteroatoms. The fourth-order valence-electron chi connectivity index (χ4n) is 2.51. The molecule has 32 heavy (non-hydrogen) atoms. The van der Waals surface area contributed by atoms with Gasteiger partial charge in [0.1, 0.15) is 12.1 Å². The van der Waals surface area contributed by atoms with Crippen LogP contribution in [0, 0.1) is 0 Å². The number of primary amides is 1. The summed E-state index contributed by atoms with van der Waals surface area (Å²) in [4.78, 5) is 66.7. The third kappa shape index (κ3) is 8.52. The van der Waals surface area contributed by atoms with Crippen LogP contribution in [-0.2, 0) is 30.4 Å². The first-order valence-electron chi connectivity index (χ1n) is 9.40. The van der Waals surface area contributed by atoms with Gasteiger partial charge in [-0.25, -0.2) is 9.78 Å². The Kier molecular flexibility index (Phi) is 10.6. The van der Waals surface area contributed by atoms with Gasteiger partial charge in [-0.3, -0.25) is 19.2 Å². The molecule has 0 aromatic carbocycles. The van der Waals surface area contributed by atoms with Gasteiger partial charge in [-0.2, -0.15) is 12.6 Å². The highest BCUT2D eigenvalue weighted by Gasteiger charge is 2.32. The van der Waals surface area contributed by atoms with Gasteiger partial charge < -0.3 is 42.6 Å². The molecule has 0 spiro atoms. The molecule has 1 heterocycles. The summed E-state index contributed by atoms with van der Waals surface area (Å²) in [5.41, 5.74) is 11.1. The van der Waals surface area contributed by atoms with Gasteiger partial charge in [0.2, 0.25) is 23.6 Å². The molecule has 0 aliphatic rings. The number of carbonyl (C=O) groups excluding carboxylic acids is 4. The molecule has 0 aliphatic heterocycles. The van der Waals surface area contributed by atoms with Gasteiger partial charge in [0.25, 0.3) is 0 Å². The first-order chi connectivity index (χ1) is 15.0. The lowest BCUT2D eigenvalue weighted by Crippen LogP contribution is -2.59. The normalized spacial score (nSPS) is 15.5. The number of carboxylic acids is 1. The fraction of sp³-hybridized carbons (Fsp3) is 0.529. The van der Waals surface area contributed by atoms with Gasteiger partial charge in [-0.15, -0.1) is 0 Å². The van der Waals surface area contributed by atoms with Gasteiger partial charge in [0.15, 0.2) is 6.04 Å². The highest BCUT2D eigenvalue weighted by Crippen LogP contribution is 2.04. The molecule has 1 aromatic heterocycles. The number of thiol groups is 1. The van der Waals surface area contributed by atoms with Crippen LogP contribution in [0.15, 0.2) is 12.5 Å². The van der Waals surface area contributed by atoms with Crippen LogP contribution in [0.1, 0.15) is 19.0 Å². The predicted octanol–water partition coefficient (Wildman–Crippen LogP) is -4.00. The maximum Gasteiger partial charge on any atom is 0.328 e. The lowest BCUT2D eigenvalue weighted by atomic mass is 10.1. The maximum absolute atomic E-state index is 12.8. The molecule has 10 N–H and O–H groups in total. The molecule has 178 valence electrons. The van der Waals surface area contributed by atoms with Crippen LogP contribution in [0.25, 0.3) is 0 Å². The van der Waals surface area contributed by atoms with Crippen LogP contribution in [-0.4, -0.2) is 85.8 Å². The summed E-state index contributed by atoms with van der Waals surface area (Å²) in [6, 6.07) is -5.50. The molecule has 0 saturated carbocycles. The van der Waals surface area contributed by atoms with Crippen molar-refractivity contribution in [2.45, 2.75) is 50.0 Å². The van der Waals surface area contributed by atoms with Crippen LogP contribution in [0.2, 0.25) is 0 Å². The summed E-state index contributed by atoms with van der Waals surface area (Å²) >= 11 is 3.89. The molecule has 5 unspecified atom stereocenters. The van der Waals surface area contributed by atoms with Crippen molar-refractivity contribution in [3.05, 3.63) is 18.2 Å². The Hall–Kier alpha value is -3.17. The average molecular weight is 474 g/mol. The largest absolute Gasteiger partial charge is 0.480 e. The second kappa shape index (κ2) is 12.6. The highest BCUT2D eigenvalue weighted by atomic mass is 32.1. The summed E-state index contributed by atoms with van der Waals surface area (Å²) in [5.74, 6) is -5.06. The standard InChI is InChI=1S/C17H27N7O7S/c1-7(25)13(17(30)31)24-16(29)10(2-8-4-20-6-21-8)23-15(28)11(3-12(19)26)22-14(27)9(18)5-32/h4,6-7,9-11,13,25,32H,2-3,5,18H2,1H3,(H2,19,26)(H,20,21)(H,22,27)(H,23,28)(H,24,29)(H,30,31). The minimum atomic E-state index is -1.64. The van der Waals surface area contributed by atoms with Crippen molar-refractivity contribution in [3.8, 4) is 0 Å². The molecule has 14 nitrogen and oxygen atoms in total. The van der Waals surface area contributed by atoms with E-state index in [9.17, 15) is 34.2 Å². The Bertz CT molecular complexity index is 818. The summed E-state index contributed by atoms with van der Waals surface area (Å²) in [5, 5.41) is 25.5. The van der Waals surface area contributed by atoms with Crippen molar-refractivity contribution in [3.63, 3.8) is 0 Å². The number of carbonyl (C=O) groups is 5. The van der Waals surface area contributed by atoms with E-state index in [1.165, 1.54) is 19.4 Å². The van der Waals surface area contributed by atoms with Crippen molar-refractivity contribution in [2.24, 2.45) is 11.5 Å². The molecule has 1 rings (SSSR count). The Balaban J connectivity index is 3.07. The minimum absolute atomic E-state index is 0.0302. The van der Waals surface area contributed by atoms with Gasteiger partial charge in [0.05, 0.1) is 24.9 Å². The van der Waals surface area contributed by atoms with E-state index < -0.39 is 66.3 Å². The first kappa shape index (κ1) is 26.9. The number of nitrogens with one attached hydrogen (secondary N) is 4. The Morgan fingerprint density at radius 1 is 1.12 bits per heavy atom. The van der Waals surface area contributed by atoms with Crippen LogP contribution in [0.4, 0.5) is 0 Å². The van der Waals surface area contributed by atoms with E-state index in [1.54, 1.807) is 0 Å². The van der Waals surface area contributed by atoms with Crippen molar-refractivity contribution in [2.75, 3.05) is 5.75 Å². The van der Waals surface area contributed by atoms with E-state index in [4.69, 9.17) is 11.5 Å². The Morgan fingerprint density at radius 3 is 2.19 bits per heavy atom. The van der Waals surface area contributed by atoms with Crippen molar-refractivity contribution in [1.29, 1.82) is 0 Å². The number of aliphatic hydroxyl groups is 1. The zero-order valence-electron chi connectivity index (χ0n) is 17.1. The number of imidazole rings is 1. The zero-order chi connectivity index (χ0) is 24.4. The Labute approximate surface area is 188 Å². The summed E-state index contributed by atoms with van der Waals surface area (Å²) in [7, 11) is 0. The van der Waals surface area contributed by atoms with E-state index in [2.05, 4.69) is 38.5 Å². The zero-order valence-corrected chi connectivity index (χ0v) is 18.0. The quantitative estimate of drug-likeness (QED) is 0.127. The average Bonchev–Trinajstić information content (AvgIpc) is 3.22. The molecular weight excluding hydrogens is 446 g/mol. The third-order valence-corrected chi connectivity index (χ3v) is 4.62. The number of nitrogens with two attached hydrogens (primary N) is 2. The number of nitrogens with zero attached hydrogens (tertiary/aromatic N) is 1. The predicted molar refractivity (Wildman–Crippen MR) is 113 cm³/mol. The van der Waals surface area contributed by atoms with Crippen molar-refractivity contribution < 1.29 is 34.2 Å². The van der Waals surface area contributed by atoms with Gasteiger partial charge >= 0.3 is 5.97 Å². The molecule has 0 fully saturated rings. The summed E-state index contributed by atoms with van der Waals surface area (Å²) in [6.45, 7) is 1.17. The molecule has 0 aliphatic carbocycles. The monoisotopic (exact) mass is 473 g/mol. The number of aromatic nitrogens is 2. The topological polar surface area (TPSA) is 243 Å². The summed E-state index contributed by atoms with van der Waals surface area (Å²) < 4.78 is 0. The number of aliphatic carboxylic acids is 1. The first-order valence-corrected chi connectivity index (χ1v) is 10.0. The Morgan fingerprint density at radius 2 is 1.72 bits per heavy atom. The number of amides is 4. The number of hydrogen-bond donors (Lipinski definition) is 9. The van der Waals surface area contributed by atoms with Crippen molar-refractivity contribution >= 4 is 42.2 Å². The second-order valence-electron chi connectivity index (χ2n) is 6.93. The second-order valence-corrected chi connectivity index (χ2v) is 7.29. The summed E-state index contributed by atoms with van der Waals surface area (Å²) in [6.07, 6.45) is 0.559. The van der Waals surface area contributed by atoms with E-state index in [-0.39, 0.29) is 12.2 Å². The van der Waals surface area contributed by atoms with Crippen LogP contribution >= 0.6 is 12.6 Å². The highest BCUT2D eigenvalue weighted by molar-refractivity contribution is 7.80. The molecular formula is C17H27N7O7S. The third-order valence-electron chi connectivity index (χ3n) is 4.23. The van der Waals surface area contributed by atoms with Crippen LogP contribution < -0.4 is 27.4 Å². The van der Waals surface area contributed by atoms with Gasteiger partial charge in [0, 0.05) is 24.1 Å². The number of aromatic amines is 1. The van der Waals surface area contributed by atoms with Crippen LogP contribution in [0.3, 0.4) is 0 Å². The number of carboxylic acid groups (broad SMARTS) is 1. The molecule has 0 saturated heterocycles. The van der Waals surface area contributed by atoms with Gasteiger partial charge in [-0.05, 0) is 6.92 Å².